The number of nitrogens with zero attached hydrogens (tertiary/aromatic N) is 3. The monoisotopic (exact) mass is 276 g/mol. The van der Waals surface area contributed by atoms with Crippen molar-refractivity contribution in [3.63, 3.8) is 0 Å². The third-order valence-electron chi connectivity index (χ3n) is 4.02. The van der Waals surface area contributed by atoms with Gasteiger partial charge in [0, 0.05) is 44.0 Å². The van der Waals surface area contributed by atoms with E-state index >= 15 is 0 Å². The van der Waals surface area contributed by atoms with Gasteiger partial charge in [-0.25, -0.2) is 4.98 Å². The Morgan fingerprint density at radius 1 is 1.20 bits per heavy atom. The molecule has 0 bridgehead atoms. The van der Waals surface area contributed by atoms with E-state index in [0.29, 0.717) is 0 Å². The van der Waals surface area contributed by atoms with Crippen molar-refractivity contribution in [2.75, 3.05) is 44.7 Å². The lowest BCUT2D eigenvalue weighted by molar-refractivity contribution is 0.257. The minimum Gasteiger partial charge on any atom is -0.354 e. The molecule has 1 aliphatic heterocycles. The number of piperazine rings is 1. The maximum absolute atomic E-state index is 4.81. The molecule has 0 radical (unpaired) electrons. The maximum Gasteiger partial charge on any atom is 0.133 e. The van der Waals surface area contributed by atoms with Gasteiger partial charge in [0.15, 0.2) is 0 Å². The number of pyridine rings is 1. The summed E-state index contributed by atoms with van der Waals surface area (Å²) in [5, 5.41) is 3.28. The molecule has 1 saturated heterocycles. The molecule has 20 heavy (non-hydrogen) atoms. The minimum absolute atomic E-state index is 0.892. The van der Waals surface area contributed by atoms with Crippen LogP contribution in [0.2, 0.25) is 0 Å². The zero-order valence-electron chi connectivity index (χ0n) is 13.4. The number of anilines is 1. The van der Waals surface area contributed by atoms with Crippen LogP contribution < -0.4 is 10.2 Å². The molecule has 0 atom stereocenters. The molecule has 112 valence electrons. The highest BCUT2D eigenvalue weighted by Gasteiger charge is 2.20. The molecular weight excluding hydrogens is 248 g/mol. The SMILES string of the molecule is CCCN1CCN(c2nc(C)cc(C)c2CNC)CC1. The fourth-order valence-electron chi connectivity index (χ4n) is 3.00. The lowest BCUT2D eigenvalue weighted by Gasteiger charge is -2.36. The number of aromatic nitrogens is 1. The molecular formula is C16H28N4. The summed E-state index contributed by atoms with van der Waals surface area (Å²) in [5.41, 5.74) is 3.81. The van der Waals surface area contributed by atoms with Crippen LogP contribution in [0.15, 0.2) is 6.07 Å². The predicted octanol–water partition coefficient (Wildman–Crippen LogP) is 1.95. The molecule has 1 aromatic rings. The first-order valence-corrected chi connectivity index (χ1v) is 7.74. The standard InChI is InChI=1S/C16H28N4/c1-5-6-19-7-9-20(10-8-19)16-15(12-17-4)13(2)11-14(3)18-16/h11,17H,5-10,12H2,1-4H3. The summed E-state index contributed by atoms with van der Waals surface area (Å²) in [7, 11) is 2.00. The predicted molar refractivity (Wildman–Crippen MR) is 85.4 cm³/mol. The minimum atomic E-state index is 0.892. The Morgan fingerprint density at radius 3 is 2.50 bits per heavy atom. The largest absolute Gasteiger partial charge is 0.354 e. The molecule has 1 aromatic heterocycles. The van der Waals surface area contributed by atoms with Crippen LogP contribution in [0.3, 0.4) is 0 Å². The van der Waals surface area contributed by atoms with Gasteiger partial charge in [-0.2, -0.15) is 0 Å². The van der Waals surface area contributed by atoms with Crippen LogP contribution in [-0.4, -0.2) is 49.7 Å². The van der Waals surface area contributed by atoms with E-state index in [1.165, 1.54) is 29.9 Å². The summed E-state index contributed by atoms with van der Waals surface area (Å²) in [5.74, 6) is 1.19. The Bertz CT molecular complexity index is 436. The second-order valence-corrected chi connectivity index (χ2v) is 5.74. The molecule has 2 heterocycles. The van der Waals surface area contributed by atoms with Gasteiger partial charge in [-0.15, -0.1) is 0 Å². The van der Waals surface area contributed by atoms with Gasteiger partial charge in [0.1, 0.15) is 5.82 Å². The number of nitrogens with one attached hydrogen (secondary N) is 1. The van der Waals surface area contributed by atoms with E-state index in [9.17, 15) is 0 Å². The number of aryl methyl sites for hydroxylation is 2. The van der Waals surface area contributed by atoms with Crippen molar-refractivity contribution >= 4 is 5.82 Å². The van der Waals surface area contributed by atoms with E-state index in [0.717, 1.165) is 38.4 Å². The molecule has 1 fully saturated rings. The Hall–Kier alpha value is -1.13. The van der Waals surface area contributed by atoms with Crippen LogP contribution in [0.5, 0.6) is 0 Å². The van der Waals surface area contributed by atoms with Crippen molar-refractivity contribution in [2.24, 2.45) is 0 Å². The Kier molecular flexibility index (Phi) is 5.38. The van der Waals surface area contributed by atoms with Crippen LogP contribution in [-0.2, 0) is 6.54 Å². The molecule has 0 unspecified atom stereocenters. The number of hydrogen-bond donors (Lipinski definition) is 1. The molecule has 4 heteroatoms. The fourth-order valence-corrected chi connectivity index (χ4v) is 3.00. The summed E-state index contributed by atoms with van der Waals surface area (Å²) in [6, 6.07) is 2.18. The van der Waals surface area contributed by atoms with E-state index in [1.807, 2.05) is 7.05 Å². The van der Waals surface area contributed by atoms with Gasteiger partial charge in [-0.3, -0.25) is 4.90 Å². The van der Waals surface area contributed by atoms with E-state index in [2.05, 4.69) is 42.0 Å². The summed E-state index contributed by atoms with van der Waals surface area (Å²) in [4.78, 5) is 9.82. The zero-order valence-corrected chi connectivity index (χ0v) is 13.4. The molecule has 0 spiro atoms. The van der Waals surface area contributed by atoms with Crippen molar-refractivity contribution in [3.05, 3.63) is 22.9 Å². The molecule has 1 aliphatic rings. The lowest BCUT2D eigenvalue weighted by atomic mass is 10.1. The first-order valence-electron chi connectivity index (χ1n) is 7.74. The van der Waals surface area contributed by atoms with Gasteiger partial charge in [0.2, 0.25) is 0 Å². The van der Waals surface area contributed by atoms with Crippen molar-refractivity contribution in [1.82, 2.24) is 15.2 Å². The van der Waals surface area contributed by atoms with E-state index in [1.54, 1.807) is 0 Å². The highest BCUT2D eigenvalue weighted by molar-refractivity contribution is 5.52. The molecule has 0 aromatic carbocycles. The van der Waals surface area contributed by atoms with Gasteiger partial charge in [0.05, 0.1) is 0 Å². The summed E-state index contributed by atoms with van der Waals surface area (Å²) >= 11 is 0. The molecule has 4 nitrogen and oxygen atoms in total. The van der Waals surface area contributed by atoms with Gasteiger partial charge in [0.25, 0.3) is 0 Å². The first kappa shape index (κ1) is 15.3. The summed E-state index contributed by atoms with van der Waals surface area (Å²) in [6.45, 7) is 13.1. The van der Waals surface area contributed by atoms with Gasteiger partial charge >= 0.3 is 0 Å². The van der Waals surface area contributed by atoms with Gasteiger partial charge < -0.3 is 10.2 Å². The molecule has 0 amide bonds. The topological polar surface area (TPSA) is 31.4 Å². The molecule has 2 rings (SSSR count). The Labute approximate surface area is 123 Å². The normalized spacial score (nSPS) is 16.7. The molecule has 1 N–H and O–H groups in total. The van der Waals surface area contributed by atoms with E-state index < -0.39 is 0 Å². The Morgan fingerprint density at radius 2 is 1.90 bits per heavy atom. The van der Waals surface area contributed by atoms with Crippen molar-refractivity contribution < 1.29 is 0 Å². The van der Waals surface area contributed by atoms with Crippen molar-refractivity contribution in [1.29, 1.82) is 0 Å². The number of hydrogen-bond acceptors (Lipinski definition) is 4. The second kappa shape index (κ2) is 7.04. The highest BCUT2D eigenvalue weighted by atomic mass is 15.3. The van der Waals surface area contributed by atoms with E-state index in [-0.39, 0.29) is 0 Å². The quantitative estimate of drug-likeness (QED) is 0.891. The van der Waals surface area contributed by atoms with Crippen LogP contribution in [0.1, 0.15) is 30.2 Å². The van der Waals surface area contributed by atoms with Gasteiger partial charge in [-0.05, 0) is 45.5 Å². The first-order chi connectivity index (χ1) is 9.65. The van der Waals surface area contributed by atoms with Gasteiger partial charge in [-0.1, -0.05) is 6.92 Å². The second-order valence-electron chi connectivity index (χ2n) is 5.74. The molecule has 0 saturated carbocycles. The van der Waals surface area contributed by atoms with Crippen LogP contribution in [0.4, 0.5) is 5.82 Å². The lowest BCUT2D eigenvalue weighted by Crippen LogP contribution is -2.47. The summed E-state index contributed by atoms with van der Waals surface area (Å²) in [6.07, 6.45) is 1.24. The maximum atomic E-state index is 4.81. The average molecular weight is 276 g/mol. The van der Waals surface area contributed by atoms with Crippen LogP contribution in [0, 0.1) is 13.8 Å². The van der Waals surface area contributed by atoms with E-state index in [4.69, 9.17) is 4.98 Å². The number of rotatable bonds is 5. The third-order valence-corrected chi connectivity index (χ3v) is 4.02. The van der Waals surface area contributed by atoms with Crippen LogP contribution in [0.25, 0.3) is 0 Å². The smallest absolute Gasteiger partial charge is 0.133 e. The third kappa shape index (κ3) is 3.49. The highest BCUT2D eigenvalue weighted by Crippen LogP contribution is 2.23. The summed E-state index contributed by atoms with van der Waals surface area (Å²) < 4.78 is 0. The average Bonchev–Trinajstić information content (AvgIpc) is 2.43. The van der Waals surface area contributed by atoms with Crippen LogP contribution >= 0.6 is 0 Å². The zero-order chi connectivity index (χ0) is 14.5. The fraction of sp³-hybridized carbons (Fsp3) is 0.688. The Balaban J connectivity index is 2.16. The van der Waals surface area contributed by atoms with Crippen molar-refractivity contribution in [2.45, 2.75) is 33.7 Å². The molecule has 0 aliphatic carbocycles. The van der Waals surface area contributed by atoms with Crippen molar-refractivity contribution in [3.8, 4) is 0 Å².